The van der Waals surface area contributed by atoms with Crippen molar-refractivity contribution < 1.29 is 0 Å². The largest absolute Gasteiger partial charge is 0.346 e. The summed E-state index contributed by atoms with van der Waals surface area (Å²) in [6.07, 6.45) is 8.75. The third kappa shape index (κ3) is 1.99. The average Bonchev–Trinajstić information content (AvgIpc) is 2.67. The number of rotatable bonds is 2. The molecule has 0 radical (unpaired) electrons. The van der Waals surface area contributed by atoms with Gasteiger partial charge >= 0.3 is 0 Å². The average molecular weight is 233 g/mol. The first-order valence-electron chi connectivity index (χ1n) is 6.50. The summed E-state index contributed by atoms with van der Waals surface area (Å²) in [5, 5.41) is 6.70. The Kier molecular flexibility index (Phi) is 3.02. The Morgan fingerprint density at radius 2 is 1.94 bits per heavy atom. The second-order valence-electron chi connectivity index (χ2n) is 5.63. The zero-order valence-electron chi connectivity index (χ0n) is 11.6. The molecule has 0 N–H and O–H groups in total. The molecule has 0 fully saturated rings. The van der Waals surface area contributed by atoms with Crippen LogP contribution in [-0.4, -0.2) is 27.8 Å². The highest BCUT2D eigenvalue weighted by atomic mass is 15.6. The van der Waals surface area contributed by atoms with E-state index < -0.39 is 0 Å². The first-order valence-corrected chi connectivity index (χ1v) is 6.50. The second kappa shape index (κ2) is 4.21. The van der Waals surface area contributed by atoms with Crippen LogP contribution in [0, 0.1) is 0 Å². The van der Waals surface area contributed by atoms with Crippen LogP contribution in [0.4, 0.5) is 0 Å². The van der Waals surface area contributed by atoms with Crippen molar-refractivity contribution in [3.8, 4) is 0 Å². The SMILES string of the molecule is CCC1=CC=NN2C(CC)=CN(C(C)(C)C)C12. The predicted octanol–water partition coefficient (Wildman–Crippen LogP) is 3.32. The summed E-state index contributed by atoms with van der Waals surface area (Å²) >= 11 is 0. The van der Waals surface area contributed by atoms with E-state index in [-0.39, 0.29) is 5.54 Å². The molecular formula is C14H23N3. The van der Waals surface area contributed by atoms with Crippen molar-refractivity contribution in [2.75, 3.05) is 0 Å². The fourth-order valence-electron chi connectivity index (χ4n) is 2.44. The molecule has 0 saturated carbocycles. The molecule has 94 valence electrons. The lowest BCUT2D eigenvalue weighted by Gasteiger charge is -2.41. The highest BCUT2D eigenvalue weighted by molar-refractivity contribution is 5.73. The highest BCUT2D eigenvalue weighted by Gasteiger charge is 2.39. The van der Waals surface area contributed by atoms with Gasteiger partial charge in [-0.2, -0.15) is 5.10 Å². The van der Waals surface area contributed by atoms with E-state index in [9.17, 15) is 0 Å². The van der Waals surface area contributed by atoms with Gasteiger partial charge in [0.15, 0.2) is 0 Å². The summed E-state index contributed by atoms with van der Waals surface area (Å²) in [4.78, 5) is 2.43. The van der Waals surface area contributed by atoms with E-state index in [1.807, 2.05) is 6.21 Å². The van der Waals surface area contributed by atoms with Crippen LogP contribution < -0.4 is 0 Å². The fraction of sp³-hybridized carbons (Fsp3) is 0.643. The molecule has 3 heteroatoms. The Labute approximate surface area is 104 Å². The van der Waals surface area contributed by atoms with E-state index in [1.165, 1.54) is 11.3 Å². The van der Waals surface area contributed by atoms with Gasteiger partial charge in [0.25, 0.3) is 0 Å². The number of hydrogen-bond donors (Lipinski definition) is 0. The normalized spacial score (nSPS) is 23.7. The first-order chi connectivity index (χ1) is 7.99. The lowest BCUT2D eigenvalue weighted by atomic mass is 10.0. The van der Waals surface area contributed by atoms with Crippen molar-refractivity contribution >= 4 is 6.21 Å². The molecule has 0 aromatic carbocycles. The third-order valence-corrected chi connectivity index (χ3v) is 3.43. The van der Waals surface area contributed by atoms with E-state index >= 15 is 0 Å². The molecule has 0 aromatic rings. The summed E-state index contributed by atoms with van der Waals surface area (Å²) in [5.74, 6) is 0. The summed E-state index contributed by atoms with van der Waals surface area (Å²) in [6, 6.07) is 0. The lowest BCUT2D eigenvalue weighted by Crippen LogP contribution is -2.48. The topological polar surface area (TPSA) is 18.8 Å². The van der Waals surface area contributed by atoms with E-state index in [1.54, 1.807) is 0 Å². The van der Waals surface area contributed by atoms with Crippen LogP contribution in [0.15, 0.2) is 28.6 Å². The van der Waals surface area contributed by atoms with Crippen molar-refractivity contribution in [1.29, 1.82) is 0 Å². The molecule has 0 saturated heterocycles. The molecule has 0 bridgehead atoms. The van der Waals surface area contributed by atoms with Crippen LogP contribution in [0.1, 0.15) is 47.5 Å². The summed E-state index contributed by atoms with van der Waals surface area (Å²) in [6.45, 7) is 11.2. The zero-order chi connectivity index (χ0) is 12.6. The fourth-order valence-corrected chi connectivity index (χ4v) is 2.44. The Bertz CT molecular complexity index is 385. The maximum Gasteiger partial charge on any atom is 0.145 e. The minimum atomic E-state index is 0.126. The van der Waals surface area contributed by atoms with Gasteiger partial charge in [0, 0.05) is 18.0 Å². The molecule has 2 aliphatic rings. The summed E-state index contributed by atoms with van der Waals surface area (Å²) in [5.41, 5.74) is 2.87. The minimum Gasteiger partial charge on any atom is -0.346 e. The Morgan fingerprint density at radius 1 is 1.24 bits per heavy atom. The van der Waals surface area contributed by atoms with Crippen LogP contribution in [0.5, 0.6) is 0 Å². The predicted molar refractivity (Wildman–Crippen MR) is 72.5 cm³/mol. The van der Waals surface area contributed by atoms with Gasteiger partial charge in [0.05, 0.1) is 5.70 Å². The summed E-state index contributed by atoms with van der Waals surface area (Å²) in [7, 11) is 0. The molecule has 2 aliphatic heterocycles. The second-order valence-corrected chi connectivity index (χ2v) is 5.63. The van der Waals surface area contributed by atoms with Crippen LogP contribution in [0.25, 0.3) is 0 Å². The van der Waals surface area contributed by atoms with Gasteiger partial charge in [0.2, 0.25) is 0 Å². The molecule has 2 heterocycles. The van der Waals surface area contributed by atoms with Crippen LogP contribution >= 0.6 is 0 Å². The Balaban J connectivity index is 2.38. The van der Waals surface area contributed by atoms with E-state index in [0.717, 1.165) is 12.8 Å². The number of hydrogen-bond acceptors (Lipinski definition) is 3. The number of allylic oxidation sites excluding steroid dienone is 2. The van der Waals surface area contributed by atoms with Gasteiger partial charge in [0.1, 0.15) is 6.17 Å². The zero-order valence-corrected chi connectivity index (χ0v) is 11.6. The third-order valence-electron chi connectivity index (χ3n) is 3.43. The van der Waals surface area contributed by atoms with Crippen LogP contribution in [0.3, 0.4) is 0 Å². The van der Waals surface area contributed by atoms with E-state index in [0.29, 0.717) is 6.17 Å². The maximum absolute atomic E-state index is 4.53. The van der Waals surface area contributed by atoms with Gasteiger partial charge in [-0.15, -0.1) is 0 Å². The molecule has 0 spiro atoms. The smallest absolute Gasteiger partial charge is 0.145 e. The van der Waals surface area contributed by atoms with Gasteiger partial charge < -0.3 is 4.90 Å². The molecule has 2 rings (SSSR count). The van der Waals surface area contributed by atoms with Gasteiger partial charge in [-0.25, -0.2) is 5.01 Å². The quantitative estimate of drug-likeness (QED) is 0.728. The van der Waals surface area contributed by atoms with Crippen LogP contribution in [0.2, 0.25) is 0 Å². The standard InChI is InChI=1S/C14H23N3/c1-6-11-8-9-15-17-12(7-2)10-16(13(11)17)14(3,4)5/h8-10,13H,6-7H2,1-5H3. The van der Waals surface area contributed by atoms with E-state index in [4.69, 9.17) is 0 Å². The highest BCUT2D eigenvalue weighted by Crippen LogP contribution is 2.36. The Hall–Kier alpha value is -1.25. The first kappa shape index (κ1) is 12.2. The molecule has 0 aromatic heterocycles. The van der Waals surface area contributed by atoms with Gasteiger partial charge in [-0.3, -0.25) is 0 Å². The van der Waals surface area contributed by atoms with Crippen molar-refractivity contribution in [3.63, 3.8) is 0 Å². The molecule has 17 heavy (non-hydrogen) atoms. The van der Waals surface area contributed by atoms with Crippen molar-refractivity contribution in [2.45, 2.75) is 59.2 Å². The molecular weight excluding hydrogens is 210 g/mol. The monoisotopic (exact) mass is 233 g/mol. The maximum atomic E-state index is 4.53. The molecule has 1 atom stereocenters. The van der Waals surface area contributed by atoms with Crippen LogP contribution in [-0.2, 0) is 0 Å². The molecule has 1 unspecified atom stereocenters. The minimum absolute atomic E-state index is 0.126. The number of hydrazone groups is 1. The summed E-state index contributed by atoms with van der Waals surface area (Å²) < 4.78 is 0. The number of nitrogens with zero attached hydrogens (tertiary/aromatic N) is 3. The molecule has 0 amide bonds. The Morgan fingerprint density at radius 3 is 2.47 bits per heavy atom. The van der Waals surface area contributed by atoms with Crippen molar-refractivity contribution in [3.05, 3.63) is 23.5 Å². The van der Waals surface area contributed by atoms with Gasteiger partial charge in [-0.05, 0) is 45.3 Å². The van der Waals surface area contributed by atoms with Crippen molar-refractivity contribution in [2.24, 2.45) is 5.10 Å². The molecule has 3 nitrogen and oxygen atoms in total. The van der Waals surface area contributed by atoms with Gasteiger partial charge in [-0.1, -0.05) is 13.8 Å². The van der Waals surface area contributed by atoms with E-state index in [2.05, 4.69) is 61.9 Å². The number of fused-ring (bicyclic) bond motifs is 1. The molecule has 0 aliphatic carbocycles. The van der Waals surface area contributed by atoms with Crippen molar-refractivity contribution in [1.82, 2.24) is 9.91 Å². The lowest BCUT2D eigenvalue weighted by molar-refractivity contribution is 0.0966.